The molecule has 0 bridgehead atoms. The number of unbranched alkanes of at least 4 members (excludes halogenated alkanes) is 2. The van der Waals surface area contributed by atoms with Crippen LogP contribution in [0.2, 0.25) is 0 Å². The molecule has 0 saturated carbocycles. The molecule has 18 heteroatoms. The van der Waals surface area contributed by atoms with Gasteiger partial charge in [-0.3, -0.25) is 33.7 Å². The number of benzene rings is 2. The summed E-state index contributed by atoms with van der Waals surface area (Å²) in [4.78, 5) is 103. The lowest BCUT2D eigenvalue weighted by Crippen LogP contribution is -2.60. The SMILES string of the molecule is CC[C@H](C)[C@@H]([C@@H](CC(=O)N1CCC[C@H]1[C@H](OC)[C@@H](C)C(=O)N[C@@H](Cc1ccccc1)C(=O)O)OC)N(C)C(=O)[C@@H](NC(=O)[C@H](C(C)C)N(C)CCc1ccc(N(C)C(=O)CCCCCN2C(=O)C=CC2O)cc1)C(C)C. The van der Waals surface area contributed by atoms with E-state index in [2.05, 4.69) is 10.6 Å². The van der Waals surface area contributed by atoms with Gasteiger partial charge in [0.25, 0.3) is 0 Å². The number of likely N-dealkylation sites (N-methyl/N-ethyl adjacent to an activating group) is 2. The molecule has 2 aromatic carbocycles. The number of nitrogens with one attached hydrogen (secondary N) is 2. The Morgan fingerprint density at radius 2 is 1.50 bits per heavy atom. The second-order valence-electron chi connectivity index (χ2n) is 21.6. The number of aliphatic hydroxyl groups is 1. The molecule has 1 unspecified atom stereocenters. The maximum absolute atomic E-state index is 14.7. The van der Waals surface area contributed by atoms with Gasteiger partial charge in [-0.1, -0.05) is 104 Å². The summed E-state index contributed by atoms with van der Waals surface area (Å²) < 4.78 is 12.0. The molecule has 0 spiro atoms. The van der Waals surface area contributed by atoms with Crippen LogP contribution in [0.5, 0.6) is 0 Å². The summed E-state index contributed by atoms with van der Waals surface area (Å²) in [6, 6.07) is 13.3. The Morgan fingerprint density at radius 3 is 2.07 bits per heavy atom. The fourth-order valence-electron chi connectivity index (χ4n) is 10.8. The number of likely N-dealkylation sites (tertiary alicyclic amines) is 1. The van der Waals surface area contributed by atoms with E-state index in [1.165, 1.54) is 31.3 Å². The van der Waals surface area contributed by atoms with Gasteiger partial charge in [0.05, 0.1) is 42.7 Å². The van der Waals surface area contributed by atoms with Crippen LogP contribution in [0.3, 0.4) is 0 Å². The average molecular weight is 1060 g/mol. The summed E-state index contributed by atoms with van der Waals surface area (Å²) in [6.45, 7) is 14.9. The van der Waals surface area contributed by atoms with Crippen molar-refractivity contribution >= 4 is 47.1 Å². The second kappa shape index (κ2) is 30.3. The molecule has 2 aromatic rings. The lowest BCUT2D eigenvalue weighted by atomic mass is 9.89. The summed E-state index contributed by atoms with van der Waals surface area (Å²) in [5.41, 5.74) is 2.57. The number of amides is 6. The lowest BCUT2D eigenvalue weighted by Gasteiger charge is -2.41. The van der Waals surface area contributed by atoms with Gasteiger partial charge in [0.15, 0.2) is 0 Å². The van der Waals surface area contributed by atoms with E-state index in [0.29, 0.717) is 64.6 Å². The van der Waals surface area contributed by atoms with Crippen LogP contribution in [0.15, 0.2) is 66.7 Å². The van der Waals surface area contributed by atoms with Crippen molar-refractivity contribution < 1.29 is 53.2 Å². The van der Waals surface area contributed by atoms with Crippen LogP contribution in [0.25, 0.3) is 0 Å². The van der Waals surface area contributed by atoms with Crippen molar-refractivity contribution in [1.82, 2.24) is 30.2 Å². The molecular formula is C58H89N7O11. The minimum atomic E-state index is -1.15. The Balaban J connectivity index is 1.37. The predicted molar refractivity (Wildman–Crippen MR) is 293 cm³/mol. The fraction of sp³-hybridized carbons (Fsp3) is 0.638. The number of carboxylic acid groups (broad SMARTS) is 1. The Kier molecular flexibility index (Phi) is 25.1. The van der Waals surface area contributed by atoms with Crippen molar-refractivity contribution in [3.05, 3.63) is 77.9 Å². The number of hydrogen-bond donors (Lipinski definition) is 4. The standard InChI is InChI=1S/C58H89N7O11/c1-13-39(6)53(46(75-11)36-50(69)64-33-20-23-45(64)54(76-12)40(7)55(70)59-44(58(73)74)35-42-21-16-14-17-22-42)63(10)57(72)51(37(2)3)60-56(71)52(38(4)5)61(8)34-31-41-25-27-43(28-26-41)62(9)47(66)24-18-15-19-32-65-48(67)29-30-49(65)68/h14,16-17,21-22,25-30,37-40,44-46,48,51-54,67H,13,15,18-20,23-24,31-36H2,1-12H3,(H,59,70)(H,60,71)(H,73,74)/t39-,40+,44-,45-,46+,48?,51-,52-,53-,54+/m0/s1. The highest BCUT2D eigenvalue weighted by Gasteiger charge is 2.44. The fourth-order valence-corrected chi connectivity index (χ4v) is 10.8. The maximum Gasteiger partial charge on any atom is 0.326 e. The van der Waals surface area contributed by atoms with Gasteiger partial charge >= 0.3 is 5.97 Å². The first-order valence-corrected chi connectivity index (χ1v) is 27.3. The van der Waals surface area contributed by atoms with Gasteiger partial charge in [0.2, 0.25) is 35.4 Å². The molecule has 4 rings (SSSR count). The Bertz CT molecular complexity index is 2240. The number of aliphatic carboxylic acids is 1. The summed E-state index contributed by atoms with van der Waals surface area (Å²) in [7, 11) is 8.39. The number of carbonyl (C=O) groups is 7. The number of carboxylic acids is 1. The number of aliphatic hydroxyl groups excluding tert-OH is 1. The van der Waals surface area contributed by atoms with Crippen LogP contribution in [-0.4, -0.2) is 175 Å². The van der Waals surface area contributed by atoms with E-state index < -0.39 is 66.4 Å². The summed E-state index contributed by atoms with van der Waals surface area (Å²) >= 11 is 0. The molecule has 0 aliphatic carbocycles. The molecular weight excluding hydrogens is 971 g/mol. The molecule has 6 amide bonds. The molecule has 2 aliphatic heterocycles. The molecule has 18 nitrogen and oxygen atoms in total. The zero-order valence-corrected chi connectivity index (χ0v) is 47.3. The van der Waals surface area contributed by atoms with E-state index in [-0.39, 0.29) is 60.1 Å². The highest BCUT2D eigenvalue weighted by Crippen LogP contribution is 2.30. The van der Waals surface area contributed by atoms with E-state index in [0.717, 1.165) is 23.2 Å². The lowest BCUT2D eigenvalue weighted by molar-refractivity contribution is -0.148. The van der Waals surface area contributed by atoms with Gasteiger partial charge in [0, 0.05) is 72.6 Å². The van der Waals surface area contributed by atoms with Crippen molar-refractivity contribution in [2.45, 2.75) is 161 Å². The third-order valence-electron chi connectivity index (χ3n) is 15.5. The van der Waals surface area contributed by atoms with Crippen molar-refractivity contribution in [1.29, 1.82) is 0 Å². The average Bonchev–Trinajstić information content (AvgIpc) is 4.01. The molecule has 4 N–H and O–H groups in total. The third kappa shape index (κ3) is 17.2. The number of methoxy groups -OCH3 is 2. The van der Waals surface area contributed by atoms with Crippen LogP contribution in [0, 0.1) is 23.7 Å². The molecule has 422 valence electrons. The molecule has 1 fully saturated rings. The summed E-state index contributed by atoms with van der Waals surface area (Å²) in [6.07, 6.45) is 5.63. The van der Waals surface area contributed by atoms with Crippen LogP contribution < -0.4 is 15.5 Å². The van der Waals surface area contributed by atoms with Crippen molar-refractivity contribution in [3.8, 4) is 0 Å². The zero-order valence-electron chi connectivity index (χ0n) is 47.3. The van der Waals surface area contributed by atoms with Gasteiger partial charge < -0.3 is 49.9 Å². The van der Waals surface area contributed by atoms with Gasteiger partial charge in [-0.2, -0.15) is 0 Å². The first-order valence-electron chi connectivity index (χ1n) is 27.3. The topological polar surface area (TPSA) is 219 Å². The smallest absolute Gasteiger partial charge is 0.326 e. The summed E-state index contributed by atoms with van der Waals surface area (Å²) in [5.74, 6) is -3.90. The number of ether oxygens (including phenoxy) is 2. The molecule has 0 aromatic heterocycles. The van der Waals surface area contributed by atoms with E-state index in [1.807, 2.05) is 108 Å². The maximum atomic E-state index is 14.7. The van der Waals surface area contributed by atoms with Gasteiger partial charge in [-0.25, -0.2) is 4.79 Å². The number of carbonyl (C=O) groups excluding carboxylic acids is 6. The van der Waals surface area contributed by atoms with Crippen molar-refractivity contribution in [2.75, 3.05) is 59.9 Å². The van der Waals surface area contributed by atoms with Crippen molar-refractivity contribution in [2.24, 2.45) is 23.7 Å². The third-order valence-corrected chi connectivity index (χ3v) is 15.5. The van der Waals surface area contributed by atoms with E-state index >= 15 is 0 Å². The van der Waals surface area contributed by atoms with E-state index in [4.69, 9.17) is 9.47 Å². The molecule has 2 heterocycles. The van der Waals surface area contributed by atoms with Crippen molar-refractivity contribution in [3.63, 3.8) is 0 Å². The predicted octanol–water partition coefficient (Wildman–Crippen LogP) is 5.30. The zero-order chi connectivity index (χ0) is 56.4. The molecule has 1 saturated heterocycles. The van der Waals surface area contributed by atoms with Gasteiger partial charge in [-0.15, -0.1) is 0 Å². The molecule has 76 heavy (non-hydrogen) atoms. The molecule has 0 radical (unpaired) electrons. The Morgan fingerprint density at radius 1 is 0.829 bits per heavy atom. The van der Waals surface area contributed by atoms with Gasteiger partial charge in [-0.05, 0) is 86.2 Å². The van der Waals surface area contributed by atoms with Crippen LogP contribution in [0.4, 0.5) is 5.69 Å². The van der Waals surface area contributed by atoms with Crippen LogP contribution >= 0.6 is 0 Å². The molecule has 2 aliphatic rings. The first kappa shape index (κ1) is 62.8. The van der Waals surface area contributed by atoms with Gasteiger partial charge in [0.1, 0.15) is 18.3 Å². The second-order valence-corrected chi connectivity index (χ2v) is 21.6. The monoisotopic (exact) mass is 1060 g/mol. The minimum Gasteiger partial charge on any atom is -0.480 e. The number of hydrogen-bond acceptors (Lipinski definition) is 11. The Hall–Kier alpha value is -5.69. The number of nitrogens with zero attached hydrogens (tertiary/aromatic N) is 5. The first-order chi connectivity index (χ1) is 36.1. The normalized spacial score (nSPS) is 18.8. The number of anilines is 1. The largest absolute Gasteiger partial charge is 0.480 e. The highest BCUT2D eigenvalue weighted by atomic mass is 16.5. The minimum absolute atomic E-state index is 0.0141. The summed E-state index contributed by atoms with van der Waals surface area (Å²) in [5, 5.41) is 25.7. The quantitative estimate of drug-likeness (QED) is 0.0708. The van der Waals surface area contributed by atoms with Crippen LogP contribution in [0.1, 0.15) is 111 Å². The highest BCUT2D eigenvalue weighted by molar-refractivity contribution is 5.93. The Labute approximate surface area is 451 Å². The van der Waals surface area contributed by atoms with Crippen LogP contribution in [-0.2, 0) is 55.9 Å². The van der Waals surface area contributed by atoms with E-state index in [9.17, 15) is 43.8 Å². The number of rotatable bonds is 31. The molecule has 10 atom stereocenters. The van der Waals surface area contributed by atoms with E-state index in [1.54, 1.807) is 35.7 Å².